The fraction of sp³-hybridized carbons (Fsp3) is 0.589. The molecule has 0 bridgehead atoms. The van der Waals surface area contributed by atoms with E-state index in [0.717, 1.165) is 0 Å². The molecule has 2 N–H and O–H groups in total. The van der Waals surface area contributed by atoms with Gasteiger partial charge in [-0.15, -0.1) is 5.06 Å². The van der Waals surface area contributed by atoms with Gasteiger partial charge in [0.1, 0.15) is 19.9 Å². The number of carboxylic acids is 1. The highest BCUT2D eigenvalue weighted by Gasteiger charge is 2.42. The summed E-state index contributed by atoms with van der Waals surface area (Å²) < 4.78 is 124. The number of hydrogen-bond acceptors (Lipinski definition) is 22. The zero-order valence-corrected chi connectivity index (χ0v) is 48.2. The first-order valence-electron chi connectivity index (χ1n) is 26.9. The Hall–Kier alpha value is -5.49. The first-order valence-corrected chi connectivity index (χ1v) is 29.8. The Balaban J connectivity index is 0.0000108. The average molecular weight is 1190 g/mol. The van der Waals surface area contributed by atoms with Gasteiger partial charge in [-0.05, 0) is 81.2 Å². The van der Waals surface area contributed by atoms with Crippen molar-refractivity contribution in [2.75, 3.05) is 118 Å². The molecule has 0 aromatic heterocycles. The Morgan fingerprint density at radius 2 is 1.20 bits per heavy atom. The van der Waals surface area contributed by atoms with Crippen LogP contribution < -0.4 is 30.5 Å². The van der Waals surface area contributed by atoms with Gasteiger partial charge in [0.05, 0.1) is 135 Å². The summed E-state index contributed by atoms with van der Waals surface area (Å²) >= 11 is 0. The lowest BCUT2D eigenvalue weighted by Gasteiger charge is -2.40. The minimum absolute atomic E-state index is 0. The van der Waals surface area contributed by atoms with E-state index in [2.05, 4.69) is 10.0 Å². The molecule has 3 aromatic carbocycles. The van der Waals surface area contributed by atoms with Crippen LogP contribution in [-0.2, 0) is 77.3 Å². The van der Waals surface area contributed by atoms with E-state index in [4.69, 9.17) is 52.5 Å². The number of carbonyl (C=O) groups excluding carboxylic acids is 4. The number of benzene rings is 3. The number of amides is 2. The summed E-state index contributed by atoms with van der Waals surface area (Å²) in [4.78, 5) is 55.9. The van der Waals surface area contributed by atoms with Crippen LogP contribution in [0.1, 0.15) is 126 Å². The minimum atomic E-state index is -5.39. The average Bonchev–Trinajstić information content (AvgIpc) is 2.10. The summed E-state index contributed by atoms with van der Waals surface area (Å²) in [7, 11) is -9.97. The smallest absolute Gasteiger partial charge is 0.335 e. The molecule has 7 rings (SSSR count). The number of anilines is 1. The number of imide groups is 1. The van der Waals surface area contributed by atoms with E-state index >= 15 is 0 Å². The van der Waals surface area contributed by atoms with Crippen LogP contribution in [0.15, 0.2) is 51.2 Å². The van der Waals surface area contributed by atoms with Gasteiger partial charge in [0.15, 0.2) is 11.5 Å². The van der Waals surface area contributed by atoms with Crippen molar-refractivity contribution in [3.05, 3.63) is 74.8 Å². The zero-order chi connectivity index (χ0) is 58.5. The molecule has 4 aliphatic rings. The molecule has 0 saturated carbocycles. The van der Waals surface area contributed by atoms with Crippen LogP contribution in [0.25, 0.3) is 5.57 Å². The van der Waals surface area contributed by atoms with Crippen LogP contribution in [0.4, 0.5) is 5.69 Å². The van der Waals surface area contributed by atoms with Crippen molar-refractivity contribution >= 4 is 55.2 Å². The van der Waals surface area contributed by atoms with Crippen LogP contribution in [-0.4, -0.2) is 174 Å². The summed E-state index contributed by atoms with van der Waals surface area (Å²) in [5.74, 6) is -4.62. The highest BCUT2D eigenvalue weighted by Crippen LogP contribution is 2.52. The third-order valence-electron chi connectivity index (χ3n) is 13.5. The number of ether oxygens (including phenoxy) is 9. The molecule has 1 saturated heterocycles. The number of rotatable bonds is 33. The summed E-state index contributed by atoms with van der Waals surface area (Å²) in [6.07, 6.45) is 1.05. The molecule has 3 aromatic rings. The van der Waals surface area contributed by atoms with Gasteiger partial charge < -0.3 is 67.2 Å². The van der Waals surface area contributed by atoms with Gasteiger partial charge in [0.25, 0.3) is 11.8 Å². The molecule has 0 aliphatic carbocycles. The third-order valence-corrected chi connectivity index (χ3v) is 15.9. The number of nitrogens with one attached hydrogen (secondary N) is 2. The Morgan fingerprint density at radius 3 is 1.72 bits per heavy atom. The maximum Gasteiger partial charge on any atom is 0.335 e. The Morgan fingerprint density at radius 1 is 0.695 bits per heavy atom. The first kappa shape index (κ1) is 65.7. The zero-order valence-electron chi connectivity index (χ0n) is 46.6. The number of aromatic carboxylic acids is 1. The van der Waals surface area contributed by atoms with Crippen molar-refractivity contribution in [3.8, 4) is 11.5 Å². The maximum atomic E-state index is 14.9. The monoisotopic (exact) mass is 1190 g/mol. The van der Waals surface area contributed by atoms with Crippen LogP contribution in [0.2, 0.25) is 0 Å². The molecule has 2 atom stereocenters. The van der Waals surface area contributed by atoms with Gasteiger partial charge in [-0.3, -0.25) is 14.6 Å². The van der Waals surface area contributed by atoms with Crippen molar-refractivity contribution in [3.63, 3.8) is 0 Å². The maximum absolute atomic E-state index is 14.9. The van der Waals surface area contributed by atoms with Crippen LogP contribution in [0.5, 0.6) is 11.5 Å². The van der Waals surface area contributed by atoms with Crippen molar-refractivity contribution in [2.24, 2.45) is 4.99 Å². The summed E-state index contributed by atoms with van der Waals surface area (Å²) in [6.45, 7) is 15.4. The van der Waals surface area contributed by atoms with Gasteiger partial charge in [0.2, 0.25) is 10.0 Å². The Bertz CT molecular complexity index is 3120. The predicted octanol–water partition coefficient (Wildman–Crippen LogP) is 2.95. The molecule has 82 heavy (non-hydrogen) atoms. The Kier molecular flexibility index (Phi) is 23.5. The van der Waals surface area contributed by atoms with Crippen molar-refractivity contribution in [2.45, 2.75) is 114 Å². The van der Waals surface area contributed by atoms with E-state index < -0.39 is 65.6 Å². The lowest BCUT2D eigenvalue weighted by molar-refractivity contribution is -0.255. The van der Waals surface area contributed by atoms with Crippen molar-refractivity contribution in [1.29, 1.82) is 0 Å². The number of carbonyl (C=O) groups is 4. The normalized spacial score (nSPS) is 17.8. The lowest BCUT2D eigenvalue weighted by atomic mass is 9.79. The predicted molar refractivity (Wildman–Crippen MR) is 292 cm³/mol. The van der Waals surface area contributed by atoms with Gasteiger partial charge in [0, 0.05) is 46.8 Å². The Labute approximate surface area is 478 Å². The topological polar surface area (TPSA) is 315 Å². The molecule has 0 radical (unpaired) electrons. The molecular weight excluding hydrogens is 1110 g/mol. The summed E-state index contributed by atoms with van der Waals surface area (Å²) in [6, 6.07) is 9.39. The summed E-state index contributed by atoms with van der Waals surface area (Å²) in [5.41, 5.74) is 0.0169. The molecule has 0 spiro atoms. The first-order chi connectivity index (χ1) is 38.5. The van der Waals surface area contributed by atoms with E-state index in [0.29, 0.717) is 88.5 Å². The number of fused-ring (bicyclic) bond motifs is 4. The van der Waals surface area contributed by atoms with E-state index in [-0.39, 0.29) is 140 Å². The number of hydrogen-bond donors (Lipinski definition) is 2. The highest BCUT2D eigenvalue weighted by atomic mass is 32.2. The van der Waals surface area contributed by atoms with Gasteiger partial charge in [-0.25, -0.2) is 26.4 Å². The quantitative estimate of drug-likeness (QED) is 0.0393. The van der Waals surface area contributed by atoms with Crippen LogP contribution in [0, 0.1) is 0 Å². The van der Waals surface area contributed by atoms with E-state index in [1.165, 1.54) is 18.2 Å². The summed E-state index contributed by atoms with van der Waals surface area (Å²) in [5, 5.41) is 16.7. The fourth-order valence-corrected chi connectivity index (χ4v) is 12.3. The van der Waals surface area contributed by atoms with E-state index in [1.807, 2.05) is 41.5 Å². The van der Waals surface area contributed by atoms with Crippen LogP contribution >= 0.6 is 0 Å². The van der Waals surface area contributed by atoms with E-state index in [1.54, 1.807) is 18.2 Å². The van der Waals surface area contributed by atoms with Crippen molar-refractivity contribution in [1.82, 2.24) is 9.79 Å². The molecule has 2 unspecified atom stereocenters. The number of hydroxylamine groups is 2. The molecule has 454 valence electrons. The SMILES string of the molecule is C.CC1CC(C)(C)Nc2c1cc1c(c2S(=O)(=O)NCCOCCOCCOCCOCCOCCOCCOCCOCCC(=O)ON2C(=O)CCC2=O)Oc2c(S(=O)(=O)[O-])c3c(cc2=C1c1ccccc1C(=O)[O-])C(C)CC(C)(C)N=3. The van der Waals surface area contributed by atoms with Gasteiger partial charge >= 0.3 is 5.97 Å². The molecule has 26 heteroatoms. The second kappa shape index (κ2) is 29.4. The minimum Gasteiger partial charge on any atom is -0.744 e. The molecule has 24 nitrogen and oxygen atoms in total. The van der Waals surface area contributed by atoms with Gasteiger partial charge in [-0.1, -0.05) is 45.5 Å². The molecule has 1 fully saturated rings. The van der Waals surface area contributed by atoms with Gasteiger partial charge in [-0.2, -0.15) is 0 Å². The lowest BCUT2D eigenvalue weighted by Crippen LogP contribution is -2.40. The molecule has 4 aliphatic heterocycles. The molecular formula is C56H76N4O20S2-2. The molecule has 2 amide bonds. The fourth-order valence-electron chi connectivity index (χ4n) is 10.2. The van der Waals surface area contributed by atoms with E-state index in [9.17, 15) is 45.7 Å². The second-order valence-electron chi connectivity index (χ2n) is 21.1. The molecule has 4 heterocycles. The third kappa shape index (κ3) is 17.1. The van der Waals surface area contributed by atoms with Crippen LogP contribution in [0.3, 0.4) is 0 Å². The number of sulfonamides is 1. The standard InChI is InChI=1S/C55H74N4O20S2.CH4/c1-35-33-54(3,4)57-47-39(35)31-41-46(37-9-7-8-10-38(37)53(63)64)42-32-40-36(2)34-55(5,6)58-48(40)52(81(67,68)69)50(42)78-49(41)51(47)80(65,66)56-14-16-71-18-20-73-22-24-75-26-28-77-30-29-76-27-25-74-23-21-72-19-17-70-15-13-45(62)79-59-43(60)11-12-44(59)61;/h7-10,31-32,35-36,56-57H,11-30,33-34H2,1-6H3,(H,63,64)(H,67,68,69);1H4/p-2. The highest BCUT2D eigenvalue weighted by molar-refractivity contribution is 7.89. The second-order valence-corrected chi connectivity index (χ2v) is 24.1. The number of nitrogens with zero attached hydrogens (tertiary/aromatic N) is 2. The number of carboxylic acid groups (broad SMARTS) is 1. The largest absolute Gasteiger partial charge is 0.744 e. The van der Waals surface area contributed by atoms with Crippen molar-refractivity contribution < 1.29 is 93.1 Å².